The van der Waals surface area contributed by atoms with Crippen molar-refractivity contribution in [2.75, 3.05) is 18.0 Å². The summed E-state index contributed by atoms with van der Waals surface area (Å²) in [5, 5.41) is 3.51. The van der Waals surface area contributed by atoms with Gasteiger partial charge in [-0.15, -0.1) is 0 Å². The molecule has 0 bridgehead atoms. The van der Waals surface area contributed by atoms with Crippen LogP contribution in [0.3, 0.4) is 0 Å². The van der Waals surface area contributed by atoms with Gasteiger partial charge in [0, 0.05) is 17.6 Å². The van der Waals surface area contributed by atoms with Crippen LogP contribution in [-0.2, 0) is 26.2 Å². The summed E-state index contributed by atoms with van der Waals surface area (Å²) < 4.78 is 34.0. The van der Waals surface area contributed by atoms with Crippen molar-refractivity contribution in [2.45, 2.75) is 57.1 Å². The van der Waals surface area contributed by atoms with Gasteiger partial charge in [0.05, 0.1) is 17.7 Å². The normalized spacial score (nSPS) is 12.7. The van der Waals surface area contributed by atoms with Gasteiger partial charge in [0.15, 0.2) is 0 Å². The second-order valence-electron chi connectivity index (χ2n) is 9.41. The highest BCUT2D eigenvalue weighted by Gasteiger charge is 2.34. The van der Waals surface area contributed by atoms with E-state index in [1.807, 2.05) is 20.8 Å². The van der Waals surface area contributed by atoms with Gasteiger partial charge in [0.25, 0.3) is 10.0 Å². The lowest BCUT2D eigenvalue weighted by Gasteiger charge is -2.33. The van der Waals surface area contributed by atoms with Gasteiger partial charge in [-0.1, -0.05) is 55.8 Å². The van der Waals surface area contributed by atoms with E-state index in [0.717, 1.165) is 16.3 Å². The van der Waals surface area contributed by atoms with Crippen LogP contribution in [0.15, 0.2) is 83.8 Å². The maximum absolute atomic E-state index is 14.0. The highest BCUT2D eigenvalue weighted by atomic mass is 35.5. The first-order chi connectivity index (χ1) is 19.1. The summed E-state index contributed by atoms with van der Waals surface area (Å²) in [6, 6.07) is 20.5. The Labute approximate surface area is 241 Å². The van der Waals surface area contributed by atoms with Crippen molar-refractivity contribution in [1.29, 1.82) is 0 Å². The van der Waals surface area contributed by atoms with Crippen LogP contribution < -0.4 is 14.4 Å². The van der Waals surface area contributed by atoms with Crippen molar-refractivity contribution < 1.29 is 22.7 Å². The van der Waals surface area contributed by atoms with Crippen molar-refractivity contribution in [1.82, 2.24) is 10.2 Å². The van der Waals surface area contributed by atoms with Crippen LogP contribution >= 0.6 is 11.6 Å². The third-order valence-corrected chi connectivity index (χ3v) is 8.66. The molecule has 0 aromatic heterocycles. The number of amides is 2. The predicted molar refractivity (Wildman–Crippen MR) is 158 cm³/mol. The molecule has 0 spiro atoms. The molecule has 0 heterocycles. The molecule has 0 aliphatic heterocycles. The quantitative estimate of drug-likeness (QED) is 0.295. The van der Waals surface area contributed by atoms with Gasteiger partial charge in [0.1, 0.15) is 18.3 Å². The number of benzene rings is 3. The number of para-hydroxylation sites is 1. The number of anilines is 1. The molecule has 3 aromatic rings. The lowest BCUT2D eigenvalue weighted by atomic mass is 10.1. The maximum Gasteiger partial charge on any atom is 0.264 e. The van der Waals surface area contributed by atoms with E-state index < -0.39 is 28.5 Å². The maximum atomic E-state index is 14.0. The number of methoxy groups -OCH3 is 1. The van der Waals surface area contributed by atoms with E-state index in [1.54, 1.807) is 66.7 Å². The zero-order valence-electron chi connectivity index (χ0n) is 23.2. The Morgan fingerprint density at radius 3 is 2.10 bits per heavy atom. The minimum atomic E-state index is -4.15. The minimum absolute atomic E-state index is 0.00996. The topological polar surface area (TPSA) is 96.0 Å². The summed E-state index contributed by atoms with van der Waals surface area (Å²) >= 11 is 6.06. The zero-order chi connectivity index (χ0) is 29.3. The van der Waals surface area contributed by atoms with Crippen LogP contribution in [-0.4, -0.2) is 50.9 Å². The average Bonchev–Trinajstić information content (AvgIpc) is 2.96. The Balaban J connectivity index is 2.02. The molecule has 0 fully saturated rings. The van der Waals surface area contributed by atoms with Crippen molar-refractivity contribution in [3.05, 3.63) is 89.4 Å². The fourth-order valence-corrected chi connectivity index (χ4v) is 5.69. The fourth-order valence-electron chi connectivity index (χ4n) is 4.15. The summed E-state index contributed by atoms with van der Waals surface area (Å²) in [4.78, 5) is 28.8. The van der Waals surface area contributed by atoms with Gasteiger partial charge in [-0.05, 0) is 73.9 Å². The highest BCUT2D eigenvalue weighted by Crippen LogP contribution is 2.26. The Bertz CT molecular complexity index is 1370. The molecule has 0 radical (unpaired) electrons. The number of hydrogen-bond acceptors (Lipinski definition) is 5. The van der Waals surface area contributed by atoms with E-state index in [2.05, 4.69) is 5.32 Å². The highest BCUT2D eigenvalue weighted by molar-refractivity contribution is 7.92. The van der Waals surface area contributed by atoms with Crippen LogP contribution in [0.1, 0.15) is 39.2 Å². The smallest absolute Gasteiger partial charge is 0.264 e. The van der Waals surface area contributed by atoms with E-state index in [9.17, 15) is 18.0 Å². The average molecular weight is 586 g/mol. The lowest BCUT2D eigenvalue weighted by molar-refractivity contribution is -0.140. The first-order valence-electron chi connectivity index (χ1n) is 13.2. The number of halogens is 1. The number of nitrogens with zero attached hydrogens (tertiary/aromatic N) is 2. The number of sulfonamides is 1. The third kappa shape index (κ3) is 7.76. The van der Waals surface area contributed by atoms with Crippen molar-refractivity contribution in [2.24, 2.45) is 0 Å². The second kappa shape index (κ2) is 14.2. The van der Waals surface area contributed by atoms with Gasteiger partial charge >= 0.3 is 0 Å². The molecule has 0 unspecified atom stereocenters. The molecule has 2 amide bonds. The van der Waals surface area contributed by atoms with Gasteiger partial charge in [0.2, 0.25) is 11.8 Å². The minimum Gasteiger partial charge on any atom is -0.497 e. The number of ether oxygens (including phenoxy) is 1. The Kier molecular flexibility index (Phi) is 11.0. The van der Waals surface area contributed by atoms with Gasteiger partial charge in [-0.25, -0.2) is 8.42 Å². The van der Waals surface area contributed by atoms with Gasteiger partial charge in [-0.2, -0.15) is 0 Å². The lowest BCUT2D eigenvalue weighted by Crippen LogP contribution is -2.53. The Hall–Kier alpha value is -3.56. The van der Waals surface area contributed by atoms with Crippen molar-refractivity contribution >= 4 is 39.1 Å². The molecular formula is C30H36ClN3O5S. The van der Waals surface area contributed by atoms with E-state index in [0.29, 0.717) is 22.9 Å². The Morgan fingerprint density at radius 1 is 0.925 bits per heavy atom. The summed E-state index contributed by atoms with van der Waals surface area (Å²) in [6.07, 6.45) is 1.08. The number of carbonyl (C=O) groups is 2. The second-order valence-corrected chi connectivity index (χ2v) is 11.7. The third-order valence-electron chi connectivity index (χ3n) is 6.62. The van der Waals surface area contributed by atoms with E-state index in [1.165, 1.54) is 24.1 Å². The molecule has 3 aromatic carbocycles. The SMILES string of the molecule is CC[C@@H](C)NC(=O)[C@@H](CC)N(Cc1ccc(Cl)cc1)C(=O)CN(c1ccccc1)S(=O)(=O)c1ccc(OC)cc1. The molecule has 0 aliphatic rings. The number of hydrogen-bond donors (Lipinski definition) is 1. The molecule has 40 heavy (non-hydrogen) atoms. The largest absolute Gasteiger partial charge is 0.497 e. The molecule has 214 valence electrons. The van der Waals surface area contributed by atoms with Crippen LogP contribution in [0.4, 0.5) is 5.69 Å². The Morgan fingerprint density at radius 2 is 1.55 bits per heavy atom. The van der Waals surface area contributed by atoms with Crippen molar-refractivity contribution in [3.63, 3.8) is 0 Å². The van der Waals surface area contributed by atoms with Crippen LogP contribution in [0.5, 0.6) is 5.75 Å². The molecule has 8 nitrogen and oxygen atoms in total. The standard InChI is InChI=1S/C30H36ClN3O5S/c1-5-22(3)32-30(36)28(6-2)33(20-23-12-14-24(31)15-13-23)29(35)21-34(25-10-8-7-9-11-25)40(37,38)27-18-16-26(39-4)17-19-27/h7-19,22,28H,5-6,20-21H2,1-4H3,(H,32,36)/t22-,28-/m1/s1. The van der Waals surface area contributed by atoms with Crippen molar-refractivity contribution in [3.8, 4) is 5.75 Å². The molecule has 0 saturated heterocycles. The first kappa shape index (κ1) is 31.0. The molecule has 1 N–H and O–H groups in total. The van der Waals surface area contributed by atoms with Crippen LogP contribution in [0.25, 0.3) is 0 Å². The molecule has 10 heteroatoms. The van der Waals surface area contributed by atoms with Gasteiger partial charge in [-0.3, -0.25) is 13.9 Å². The summed E-state index contributed by atoms with van der Waals surface area (Å²) in [7, 11) is -2.65. The fraction of sp³-hybridized carbons (Fsp3) is 0.333. The number of nitrogens with one attached hydrogen (secondary N) is 1. The first-order valence-corrected chi connectivity index (χ1v) is 15.0. The molecular weight excluding hydrogens is 550 g/mol. The predicted octanol–water partition coefficient (Wildman–Crippen LogP) is 5.27. The number of carbonyl (C=O) groups excluding carboxylic acids is 2. The molecule has 3 rings (SSSR count). The zero-order valence-corrected chi connectivity index (χ0v) is 24.8. The van der Waals surface area contributed by atoms with E-state index >= 15 is 0 Å². The summed E-state index contributed by atoms with van der Waals surface area (Å²) in [5.41, 5.74) is 1.09. The van der Waals surface area contributed by atoms with E-state index in [4.69, 9.17) is 16.3 Å². The summed E-state index contributed by atoms with van der Waals surface area (Å²) in [6.45, 7) is 5.29. The molecule has 2 atom stereocenters. The summed E-state index contributed by atoms with van der Waals surface area (Å²) in [5.74, 6) is -0.293. The number of rotatable bonds is 13. The molecule has 0 saturated carbocycles. The molecule has 0 aliphatic carbocycles. The van der Waals surface area contributed by atoms with Crippen LogP contribution in [0, 0.1) is 0 Å². The monoisotopic (exact) mass is 585 g/mol. The van der Waals surface area contributed by atoms with E-state index in [-0.39, 0.29) is 23.4 Å². The van der Waals surface area contributed by atoms with Gasteiger partial charge < -0.3 is 15.0 Å². The van der Waals surface area contributed by atoms with Crippen LogP contribution in [0.2, 0.25) is 5.02 Å².